The number of aliphatic hydroxyl groups is 1. The van der Waals surface area contributed by atoms with Crippen molar-refractivity contribution in [3.63, 3.8) is 0 Å². The van der Waals surface area contributed by atoms with Crippen LogP contribution in [0.1, 0.15) is 39.5 Å². The quantitative estimate of drug-likeness (QED) is 0.663. The molecule has 3 heteroatoms. The number of rotatable bonds is 1. The molecule has 0 aromatic carbocycles. The molecule has 3 atom stereocenters. The minimum atomic E-state index is -0.534. The summed E-state index contributed by atoms with van der Waals surface area (Å²) in [4.78, 5) is 0. The summed E-state index contributed by atoms with van der Waals surface area (Å²) in [6.07, 6.45) is 4.22. The van der Waals surface area contributed by atoms with E-state index in [1.807, 2.05) is 0 Å². The van der Waals surface area contributed by atoms with Gasteiger partial charge >= 0.3 is 0 Å². The van der Waals surface area contributed by atoms with Gasteiger partial charge in [-0.15, -0.1) is 0 Å². The molecule has 0 amide bonds. The summed E-state index contributed by atoms with van der Waals surface area (Å²) < 4.78 is 5.65. The first-order valence-electron chi connectivity index (χ1n) is 5.71. The zero-order chi connectivity index (χ0) is 10.2. The fraction of sp³-hybridized carbons (Fsp3) is 1.00. The molecule has 0 spiro atoms. The highest BCUT2D eigenvalue weighted by Crippen LogP contribution is 2.34. The zero-order valence-electron chi connectivity index (χ0n) is 9.12. The molecule has 2 rings (SSSR count). The molecule has 2 fully saturated rings. The van der Waals surface area contributed by atoms with Crippen LogP contribution in [0.25, 0.3) is 0 Å². The Kier molecular flexibility index (Phi) is 2.82. The lowest BCUT2D eigenvalue weighted by Crippen LogP contribution is -2.54. The van der Waals surface area contributed by atoms with Crippen LogP contribution in [0.4, 0.5) is 0 Å². The Morgan fingerprint density at radius 1 is 1.29 bits per heavy atom. The van der Waals surface area contributed by atoms with E-state index in [-0.39, 0.29) is 18.2 Å². The lowest BCUT2D eigenvalue weighted by atomic mass is 9.81. The van der Waals surface area contributed by atoms with Crippen LogP contribution >= 0.6 is 0 Å². The largest absolute Gasteiger partial charge is 0.388 e. The molecule has 2 aliphatic rings. The molecule has 14 heavy (non-hydrogen) atoms. The Morgan fingerprint density at radius 2 is 1.93 bits per heavy atom. The van der Waals surface area contributed by atoms with Crippen LogP contribution in [0.2, 0.25) is 0 Å². The number of hydrogen-bond donors (Lipinski definition) is 2. The van der Waals surface area contributed by atoms with Crippen LogP contribution in [-0.4, -0.2) is 35.5 Å². The number of hydrogen-bond acceptors (Lipinski definition) is 3. The van der Waals surface area contributed by atoms with Gasteiger partial charge in [0.2, 0.25) is 0 Å². The fourth-order valence-electron chi connectivity index (χ4n) is 3.00. The maximum Gasteiger partial charge on any atom is 0.0849 e. The summed E-state index contributed by atoms with van der Waals surface area (Å²) in [5.74, 6) is 0. The van der Waals surface area contributed by atoms with E-state index in [4.69, 9.17) is 4.74 Å². The molecule has 0 aromatic rings. The summed E-state index contributed by atoms with van der Waals surface area (Å²) >= 11 is 0. The van der Waals surface area contributed by atoms with Crippen molar-refractivity contribution in [3.8, 4) is 0 Å². The molecule has 0 radical (unpaired) electrons. The van der Waals surface area contributed by atoms with Crippen LogP contribution in [0.15, 0.2) is 0 Å². The highest BCUT2D eigenvalue weighted by atomic mass is 16.5. The van der Waals surface area contributed by atoms with Crippen molar-refractivity contribution in [1.29, 1.82) is 0 Å². The van der Waals surface area contributed by atoms with Gasteiger partial charge in [0, 0.05) is 18.9 Å². The van der Waals surface area contributed by atoms with Crippen molar-refractivity contribution in [3.05, 3.63) is 0 Å². The van der Waals surface area contributed by atoms with Gasteiger partial charge in [-0.05, 0) is 33.2 Å². The van der Waals surface area contributed by atoms with Gasteiger partial charge < -0.3 is 15.2 Å². The molecule has 0 aliphatic carbocycles. The van der Waals surface area contributed by atoms with E-state index in [1.165, 1.54) is 6.42 Å². The van der Waals surface area contributed by atoms with Crippen molar-refractivity contribution in [2.45, 2.75) is 63.4 Å². The Morgan fingerprint density at radius 3 is 2.43 bits per heavy atom. The SMILES string of the molecule is CC1CC(O)(C2CCCN2)CC(C)O1. The van der Waals surface area contributed by atoms with E-state index in [0.29, 0.717) is 0 Å². The normalized spacial score (nSPS) is 49.5. The number of nitrogens with one attached hydrogen (secondary N) is 1. The predicted octanol–water partition coefficient (Wildman–Crippen LogP) is 1.06. The second kappa shape index (κ2) is 3.80. The van der Waals surface area contributed by atoms with Crippen molar-refractivity contribution >= 4 is 0 Å². The highest BCUT2D eigenvalue weighted by Gasteiger charge is 2.43. The van der Waals surface area contributed by atoms with Crippen molar-refractivity contribution in [2.75, 3.05) is 6.54 Å². The highest BCUT2D eigenvalue weighted by molar-refractivity contribution is 4.98. The van der Waals surface area contributed by atoms with Crippen LogP contribution in [0.5, 0.6) is 0 Å². The van der Waals surface area contributed by atoms with E-state index < -0.39 is 5.60 Å². The van der Waals surface area contributed by atoms with Gasteiger partial charge in [0.1, 0.15) is 0 Å². The Labute approximate surface area is 85.8 Å². The average Bonchev–Trinajstić information content (AvgIpc) is 2.52. The molecule has 2 saturated heterocycles. The van der Waals surface area contributed by atoms with E-state index in [2.05, 4.69) is 19.2 Å². The molecular formula is C11H21NO2. The third kappa shape index (κ3) is 1.95. The van der Waals surface area contributed by atoms with Gasteiger partial charge in [0.15, 0.2) is 0 Å². The van der Waals surface area contributed by atoms with Crippen molar-refractivity contribution in [1.82, 2.24) is 5.32 Å². The Bertz CT molecular complexity index is 191. The van der Waals surface area contributed by atoms with Gasteiger partial charge in [-0.1, -0.05) is 0 Å². The first-order chi connectivity index (χ1) is 6.60. The topological polar surface area (TPSA) is 41.5 Å². The third-order valence-electron chi connectivity index (χ3n) is 3.46. The molecule has 2 aliphatic heterocycles. The van der Waals surface area contributed by atoms with Gasteiger partial charge in [-0.2, -0.15) is 0 Å². The Balaban J connectivity index is 2.05. The first-order valence-corrected chi connectivity index (χ1v) is 5.71. The minimum Gasteiger partial charge on any atom is -0.388 e. The molecule has 0 saturated carbocycles. The maximum atomic E-state index is 10.6. The molecule has 3 nitrogen and oxygen atoms in total. The summed E-state index contributed by atoms with van der Waals surface area (Å²) in [7, 11) is 0. The predicted molar refractivity (Wildman–Crippen MR) is 55.2 cm³/mol. The monoisotopic (exact) mass is 199 g/mol. The zero-order valence-corrected chi connectivity index (χ0v) is 9.12. The fourth-order valence-corrected chi connectivity index (χ4v) is 3.00. The molecule has 2 N–H and O–H groups in total. The lowest BCUT2D eigenvalue weighted by molar-refractivity contribution is -0.143. The smallest absolute Gasteiger partial charge is 0.0849 e. The number of ether oxygens (including phenoxy) is 1. The summed E-state index contributed by atoms with van der Waals surface area (Å²) in [5, 5.41) is 14.0. The van der Waals surface area contributed by atoms with Crippen molar-refractivity contribution in [2.24, 2.45) is 0 Å². The molecule has 0 aromatic heterocycles. The second-order valence-electron chi connectivity index (χ2n) is 4.92. The summed E-state index contributed by atoms with van der Waals surface area (Å²) in [6.45, 7) is 5.15. The minimum absolute atomic E-state index is 0.186. The van der Waals surface area contributed by atoms with Crippen LogP contribution < -0.4 is 5.32 Å². The van der Waals surface area contributed by atoms with Gasteiger partial charge in [-0.25, -0.2) is 0 Å². The summed E-state index contributed by atoms with van der Waals surface area (Å²) in [6, 6.07) is 0.288. The Hall–Kier alpha value is -0.120. The standard InChI is InChI=1S/C11H21NO2/c1-8-6-11(13,7-9(2)14-8)10-4-3-5-12-10/h8-10,12-13H,3-7H2,1-2H3. The van der Waals surface area contributed by atoms with Crippen LogP contribution in [-0.2, 0) is 4.74 Å². The van der Waals surface area contributed by atoms with Gasteiger partial charge in [-0.3, -0.25) is 0 Å². The van der Waals surface area contributed by atoms with E-state index in [0.717, 1.165) is 25.8 Å². The summed E-state index contributed by atoms with van der Waals surface area (Å²) in [5.41, 5.74) is -0.534. The van der Waals surface area contributed by atoms with Crippen molar-refractivity contribution < 1.29 is 9.84 Å². The lowest BCUT2D eigenvalue weighted by Gasteiger charge is -2.42. The van der Waals surface area contributed by atoms with E-state index >= 15 is 0 Å². The van der Waals surface area contributed by atoms with Gasteiger partial charge in [0.25, 0.3) is 0 Å². The molecule has 0 bridgehead atoms. The molecule has 82 valence electrons. The third-order valence-corrected chi connectivity index (χ3v) is 3.46. The maximum absolute atomic E-state index is 10.6. The molecule has 3 unspecified atom stereocenters. The first kappa shape index (κ1) is 10.4. The van der Waals surface area contributed by atoms with Crippen LogP contribution in [0, 0.1) is 0 Å². The molecular weight excluding hydrogens is 178 g/mol. The average molecular weight is 199 g/mol. The van der Waals surface area contributed by atoms with E-state index in [9.17, 15) is 5.11 Å². The van der Waals surface area contributed by atoms with Crippen LogP contribution in [0.3, 0.4) is 0 Å². The van der Waals surface area contributed by atoms with Gasteiger partial charge in [0.05, 0.1) is 17.8 Å². The molecule has 2 heterocycles. The van der Waals surface area contributed by atoms with E-state index in [1.54, 1.807) is 0 Å². The second-order valence-corrected chi connectivity index (χ2v) is 4.92.